The summed E-state index contributed by atoms with van der Waals surface area (Å²) in [6, 6.07) is 15.7. The maximum absolute atomic E-state index is 11.3. The molecule has 2 rings (SSSR count). The van der Waals surface area contributed by atoms with E-state index in [1.54, 1.807) is 13.0 Å². The van der Waals surface area contributed by atoms with Crippen LogP contribution in [0.5, 0.6) is 5.75 Å². The van der Waals surface area contributed by atoms with Gasteiger partial charge in [-0.25, -0.2) is 4.79 Å². The van der Waals surface area contributed by atoms with Crippen LogP contribution in [-0.4, -0.2) is 25.4 Å². The molecule has 2 aromatic carbocycles. The molecule has 0 radical (unpaired) electrons. The quantitative estimate of drug-likeness (QED) is 0.160. The molecule has 4 nitrogen and oxygen atoms in total. The second kappa shape index (κ2) is 14.2. The fourth-order valence-electron chi connectivity index (χ4n) is 2.90. The summed E-state index contributed by atoms with van der Waals surface area (Å²) < 4.78 is 10.7. The Balaban J connectivity index is 1.76. The Labute approximate surface area is 180 Å². The SMILES string of the molecule is CCCCCCCCOc1ccc(C=Nc2ccc(/C=C/C(=O)OCC)cc2)cc1. The van der Waals surface area contributed by atoms with E-state index in [0.29, 0.717) is 6.61 Å². The monoisotopic (exact) mass is 407 g/mol. The van der Waals surface area contributed by atoms with E-state index in [0.717, 1.165) is 35.6 Å². The van der Waals surface area contributed by atoms with E-state index in [-0.39, 0.29) is 5.97 Å². The number of rotatable bonds is 13. The molecule has 0 heterocycles. The summed E-state index contributed by atoms with van der Waals surface area (Å²) in [5, 5.41) is 0. The van der Waals surface area contributed by atoms with Crippen molar-refractivity contribution in [1.82, 2.24) is 0 Å². The molecule has 160 valence electrons. The van der Waals surface area contributed by atoms with Gasteiger partial charge in [-0.1, -0.05) is 51.2 Å². The van der Waals surface area contributed by atoms with Crippen LogP contribution in [-0.2, 0) is 9.53 Å². The van der Waals surface area contributed by atoms with Crippen LogP contribution in [0.25, 0.3) is 6.08 Å². The molecule has 2 aromatic rings. The number of esters is 1. The van der Waals surface area contributed by atoms with Crippen LogP contribution >= 0.6 is 0 Å². The van der Waals surface area contributed by atoms with Crippen LogP contribution in [0, 0.1) is 0 Å². The Hall–Kier alpha value is -2.88. The lowest BCUT2D eigenvalue weighted by Gasteiger charge is -2.06. The van der Waals surface area contributed by atoms with Crippen LogP contribution in [0.2, 0.25) is 0 Å². The van der Waals surface area contributed by atoms with Crippen LogP contribution in [0.4, 0.5) is 5.69 Å². The maximum Gasteiger partial charge on any atom is 0.330 e. The van der Waals surface area contributed by atoms with Gasteiger partial charge >= 0.3 is 5.97 Å². The van der Waals surface area contributed by atoms with Gasteiger partial charge in [0.1, 0.15) is 5.75 Å². The van der Waals surface area contributed by atoms with Gasteiger partial charge in [0.25, 0.3) is 0 Å². The van der Waals surface area contributed by atoms with Gasteiger partial charge in [0, 0.05) is 12.3 Å². The second-order valence-corrected chi connectivity index (χ2v) is 7.12. The minimum absolute atomic E-state index is 0.334. The van der Waals surface area contributed by atoms with Crippen LogP contribution in [0.1, 0.15) is 63.5 Å². The zero-order chi connectivity index (χ0) is 21.4. The van der Waals surface area contributed by atoms with E-state index in [1.165, 1.54) is 38.2 Å². The lowest BCUT2D eigenvalue weighted by atomic mass is 10.1. The van der Waals surface area contributed by atoms with Crippen molar-refractivity contribution in [3.63, 3.8) is 0 Å². The van der Waals surface area contributed by atoms with Crippen molar-refractivity contribution in [3.8, 4) is 5.75 Å². The molecule has 0 aliphatic heterocycles. The van der Waals surface area contributed by atoms with Gasteiger partial charge < -0.3 is 9.47 Å². The van der Waals surface area contributed by atoms with E-state index < -0.39 is 0 Å². The van der Waals surface area contributed by atoms with Gasteiger partial charge in [-0.2, -0.15) is 0 Å². The molecule has 0 aliphatic carbocycles. The molecule has 0 saturated carbocycles. The van der Waals surface area contributed by atoms with Crippen LogP contribution < -0.4 is 4.74 Å². The number of unbranched alkanes of at least 4 members (excludes halogenated alkanes) is 5. The molecular formula is C26H33NO3. The minimum atomic E-state index is -0.334. The number of carbonyl (C=O) groups excluding carboxylic acids is 1. The molecule has 0 bridgehead atoms. The van der Waals surface area contributed by atoms with E-state index in [1.807, 2.05) is 54.7 Å². The zero-order valence-electron chi connectivity index (χ0n) is 18.2. The van der Waals surface area contributed by atoms with Gasteiger partial charge in [-0.15, -0.1) is 0 Å². The topological polar surface area (TPSA) is 47.9 Å². The van der Waals surface area contributed by atoms with Crippen LogP contribution in [0.15, 0.2) is 59.6 Å². The average molecular weight is 408 g/mol. The first kappa shape index (κ1) is 23.4. The van der Waals surface area contributed by atoms with Crippen molar-refractivity contribution in [3.05, 3.63) is 65.7 Å². The number of aliphatic imine (C=N–C) groups is 1. The van der Waals surface area contributed by atoms with Crippen molar-refractivity contribution in [1.29, 1.82) is 0 Å². The van der Waals surface area contributed by atoms with Gasteiger partial charge in [0.15, 0.2) is 0 Å². The normalized spacial score (nSPS) is 11.3. The highest BCUT2D eigenvalue weighted by Gasteiger charge is 1.97. The molecule has 0 saturated heterocycles. The molecule has 0 spiro atoms. The number of benzene rings is 2. The van der Waals surface area contributed by atoms with Crippen molar-refractivity contribution >= 4 is 23.9 Å². The van der Waals surface area contributed by atoms with Gasteiger partial charge in [0.2, 0.25) is 0 Å². The van der Waals surface area contributed by atoms with Crippen molar-refractivity contribution in [2.75, 3.05) is 13.2 Å². The predicted molar refractivity (Wildman–Crippen MR) is 125 cm³/mol. The first-order valence-corrected chi connectivity index (χ1v) is 10.9. The minimum Gasteiger partial charge on any atom is -0.494 e. The molecule has 0 amide bonds. The summed E-state index contributed by atoms with van der Waals surface area (Å²) in [5.74, 6) is 0.567. The summed E-state index contributed by atoms with van der Waals surface area (Å²) in [5.41, 5.74) is 2.80. The Morgan fingerprint density at radius 2 is 1.53 bits per heavy atom. The number of nitrogens with zero attached hydrogens (tertiary/aromatic N) is 1. The number of ether oxygens (including phenoxy) is 2. The molecule has 4 heteroatoms. The van der Waals surface area contributed by atoms with Gasteiger partial charge in [-0.3, -0.25) is 4.99 Å². The highest BCUT2D eigenvalue weighted by Crippen LogP contribution is 2.16. The van der Waals surface area contributed by atoms with Crippen molar-refractivity contribution in [2.45, 2.75) is 52.4 Å². The van der Waals surface area contributed by atoms with E-state index in [2.05, 4.69) is 11.9 Å². The van der Waals surface area contributed by atoms with Crippen LogP contribution in [0.3, 0.4) is 0 Å². The summed E-state index contributed by atoms with van der Waals surface area (Å²) in [6.07, 6.45) is 12.6. The lowest BCUT2D eigenvalue weighted by molar-refractivity contribution is -0.137. The fourth-order valence-corrected chi connectivity index (χ4v) is 2.90. The third kappa shape index (κ3) is 9.55. The average Bonchev–Trinajstić information content (AvgIpc) is 2.77. The van der Waals surface area contributed by atoms with Crippen molar-refractivity contribution < 1.29 is 14.3 Å². The molecular weight excluding hydrogens is 374 g/mol. The standard InChI is InChI=1S/C26H33NO3/c1-3-5-6-7-8-9-20-30-25-17-12-23(13-18-25)21-27-24-15-10-22(11-16-24)14-19-26(28)29-4-2/h10-19,21H,3-9,20H2,1-2H3/b19-14+,27-21?. The smallest absolute Gasteiger partial charge is 0.330 e. The Morgan fingerprint density at radius 3 is 2.23 bits per heavy atom. The number of hydrogen-bond acceptors (Lipinski definition) is 4. The van der Waals surface area contributed by atoms with E-state index >= 15 is 0 Å². The molecule has 0 unspecified atom stereocenters. The Morgan fingerprint density at radius 1 is 0.867 bits per heavy atom. The molecule has 0 aromatic heterocycles. The molecule has 0 N–H and O–H groups in total. The Bertz CT molecular complexity index is 792. The van der Waals surface area contributed by atoms with Gasteiger partial charge in [0.05, 0.1) is 18.9 Å². The summed E-state index contributed by atoms with van der Waals surface area (Å²) in [6.45, 7) is 5.18. The molecule has 30 heavy (non-hydrogen) atoms. The Kier molecular flexibility index (Phi) is 11.0. The third-order valence-electron chi connectivity index (χ3n) is 4.60. The third-order valence-corrected chi connectivity index (χ3v) is 4.60. The first-order chi connectivity index (χ1) is 14.7. The summed E-state index contributed by atoms with van der Waals surface area (Å²) >= 11 is 0. The molecule has 0 aliphatic rings. The first-order valence-electron chi connectivity index (χ1n) is 10.9. The zero-order valence-corrected chi connectivity index (χ0v) is 18.2. The van der Waals surface area contributed by atoms with E-state index in [4.69, 9.17) is 9.47 Å². The highest BCUT2D eigenvalue weighted by atomic mass is 16.5. The summed E-state index contributed by atoms with van der Waals surface area (Å²) in [7, 11) is 0. The second-order valence-electron chi connectivity index (χ2n) is 7.12. The summed E-state index contributed by atoms with van der Waals surface area (Å²) in [4.78, 5) is 15.8. The highest BCUT2D eigenvalue weighted by molar-refractivity contribution is 5.87. The maximum atomic E-state index is 11.3. The predicted octanol–water partition coefficient (Wildman–Crippen LogP) is 6.75. The van der Waals surface area contributed by atoms with E-state index in [9.17, 15) is 4.79 Å². The van der Waals surface area contributed by atoms with Gasteiger partial charge in [-0.05, 0) is 66.9 Å². The fraction of sp³-hybridized carbons (Fsp3) is 0.385. The molecule has 0 atom stereocenters. The number of carbonyl (C=O) groups is 1. The molecule has 0 fully saturated rings. The number of hydrogen-bond donors (Lipinski definition) is 0. The largest absolute Gasteiger partial charge is 0.494 e. The van der Waals surface area contributed by atoms with Crippen molar-refractivity contribution in [2.24, 2.45) is 4.99 Å². The lowest BCUT2D eigenvalue weighted by Crippen LogP contribution is -1.98.